The Hall–Kier alpha value is -1.71. The van der Waals surface area contributed by atoms with Crippen LogP contribution in [0.3, 0.4) is 0 Å². The fourth-order valence-corrected chi connectivity index (χ4v) is 2.53. The van der Waals surface area contributed by atoms with Crippen LogP contribution >= 0.6 is 0 Å². The van der Waals surface area contributed by atoms with Gasteiger partial charge in [0.2, 0.25) is 0 Å². The lowest BCUT2D eigenvalue weighted by atomic mass is 10.1. The molecule has 19 heavy (non-hydrogen) atoms. The van der Waals surface area contributed by atoms with Crippen molar-refractivity contribution >= 4 is 11.6 Å². The van der Waals surface area contributed by atoms with Crippen LogP contribution in [-0.2, 0) is 4.79 Å². The van der Waals surface area contributed by atoms with Crippen molar-refractivity contribution in [3.63, 3.8) is 0 Å². The number of hydrogen-bond acceptors (Lipinski definition) is 3. The van der Waals surface area contributed by atoms with E-state index in [0.717, 1.165) is 12.5 Å². The molecule has 1 aliphatic rings. The minimum absolute atomic E-state index is 0.0589. The Labute approximate surface area is 114 Å². The Kier molecular flexibility index (Phi) is 4.66. The highest BCUT2D eigenvalue weighted by Gasteiger charge is 2.21. The van der Waals surface area contributed by atoms with Crippen LogP contribution in [0.15, 0.2) is 24.3 Å². The lowest BCUT2D eigenvalue weighted by Gasteiger charge is -2.11. The zero-order valence-corrected chi connectivity index (χ0v) is 11.4. The summed E-state index contributed by atoms with van der Waals surface area (Å²) in [5.41, 5.74) is 6.26. The highest BCUT2D eigenvalue weighted by molar-refractivity contribution is 5.77. The third kappa shape index (κ3) is 4.47. The van der Waals surface area contributed by atoms with Crippen LogP contribution in [0.1, 0.15) is 26.2 Å². The zero-order chi connectivity index (χ0) is 13.7. The summed E-state index contributed by atoms with van der Waals surface area (Å²) < 4.78 is 5.39. The lowest BCUT2D eigenvalue weighted by molar-refractivity contribution is -0.123. The molecule has 1 aliphatic carbocycles. The van der Waals surface area contributed by atoms with Gasteiger partial charge in [0, 0.05) is 12.2 Å². The van der Waals surface area contributed by atoms with Crippen molar-refractivity contribution in [1.82, 2.24) is 5.32 Å². The molecule has 104 valence electrons. The second-order valence-electron chi connectivity index (χ2n) is 5.45. The average Bonchev–Trinajstić information content (AvgIpc) is 2.81. The first-order chi connectivity index (χ1) is 9.13. The Morgan fingerprint density at radius 2 is 2.11 bits per heavy atom. The van der Waals surface area contributed by atoms with Gasteiger partial charge in [-0.3, -0.25) is 4.79 Å². The molecular formula is C15H22N2O2. The van der Waals surface area contributed by atoms with Gasteiger partial charge in [0.05, 0.1) is 0 Å². The maximum absolute atomic E-state index is 11.7. The molecule has 1 saturated carbocycles. The first kappa shape index (κ1) is 13.7. The Morgan fingerprint density at radius 1 is 1.37 bits per heavy atom. The highest BCUT2D eigenvalue weighted by Crippen LogP contribution is 2.29. The number of benzene rings is 1. The second-order valence-corrected chi connectivity index (χ2v) is 5.45. The van der Waals surface area contributed by atoms with Crippen molar-refractivity contribution < 1.29 is 9.53 Å². The topological polar surface area (TPSA) is 64.3 Å². The minimum atomic E-state index is -0.0589. The second kappa shape index (κ2) is 6.45. The van der Waals surface area contributed by atoms with E-state index in [2.05, 4.69) is 12.2 Å². The first-order valence-electron chi connectivity index (χ1n) is 6.88. The predicted octanol–water partition coefficient (Wildman–Crippen LogP) is 2.20. The van der Waals surface area contributed by atoms with Gasteiger partial charge in [0.1, 0.15) is 5.75 Å². The van der Waals surface area contributed by atoms with Gasteiger partial charge in [0.15, 0.2) is 6.61 Å². The molecule has 2 atom stereocenters. The van der Waals surface area contributed by atoms with E-state index < -0.39 is 0 Å². The number of nitrogens with two attached hydrogens (primary N) is 1. The van der Waals surface area contributed by atoms with Crippen LogP contribution in [-0.4, -0.2) is 19.1 Å². The van der Waals surface area contributed by atoms with Gasteiger partial charge in [-0.25, -0.2) is 0 Å². The number of amides is 1. The van der Waals surface area contributed by atoms with E-state index in [1.807, 2.05) is 0 Å². The van der Waals surface area contributed by atoms with Crippen LogP contribution in [0, 0.1) is 11.8 Å². The predicted molar refractivity (Wildman–Crippen MR) is 75.9 cm³/mol. The van der Waals surface area contributed by atoms with Crippen molar-refractivity contribution in [2.75, 3.05) is 18.9 Å². The molecule has 2 rings (SSSR count). The largest absolute Gasteiger partial charge is 0.484 e. The summed E-state index contributed by atoms with van der Waals surface area (Å²) in [5.74, 6) is 2.04. The van der Waals surface area contributed by atoms with E-state index in [1.54, 1.807) is 24.3 Å². The van der Waals surface area contributed by atoms with Gasteiger partial charge in [-0.1, -0.05) is 13.3 Å². The summed E-state index contributed by atoms with van der Waals surface area (Å²) in [6.07, 6.45) is 3.72. The van der Waals surface area contributed by atoms with Gasteiger partial charge in [-0.2, -0.15) is 0 Å². The average molecular weight is 262 g/mol. The van der Waals surface area contributed by atoms with E-state index in [9.17, 15) is 4.79 Å². The Bertz CT molecular complexity index is 417. The number of carbonyl (C=O) groups is 1. The molecule has 0 aliphatic heterocycles. The molecule has 2 unspecified atom stereocenters. The lowest BCUT2D eigenvalue weighted by Crippen LogP contribution is -2.32. The van der Waals surface area contributed by atoms with E-state index in [4.69, 9.17) is 10.5 Å². The molecule has 1 fully saturated rings. The summed E-state index contributed by atoms with van der Waals surface area (Å²) in [6, 6.07) is 7.04. The first-order valence-corrected chi connectivity index (χ1v) is 6.88. The van der Waals surface area contributed by atoms with Crippen molar-refractivity contribution in [2.24, 2.45) is 11.8 Å². The van der Waals surface area contributed by atoms with Gasteiger partial charge in [-0.05, 0) is 48.9 Å². The molecule has 0 spiro atoms. The molecule has 1 amide bonds. The Morgan fingerprint density at radius 3 is 2.74 bits per heavy atom. The molecule has 0 bridgehead atoms. The van der Waals surface area contributed by atoms with Crippen LogP contribution < -0.4 is 15.8 Å². The van der Waals surface area contributed by atoms with Crippen molar-refractivity contribution in [2.45, 2.75) is 26.2 Å². The summed E-state index contributed by atoms with van der Waals surface area (Å²) in [5, 5.41) is 2.94. The van der Waals surface area contributed by atoms with Crippen molar-refractivity contribution in [1.29, 1.82) is 0 Å². The van der Waals surface area contributed by atoms with Crippen LogP contribution in [0.5, 0.6) is 5.75 Å². The molecular weight excluding hydrogens is 240 g/mol. The molecule has 1 aromatic rings. The molecule has 0 aromatic heterocycles. The molecule has 0 radical (unpaired) electrons. The zero-order valence-electron chi connectivity index (χ0n) is 11.4. The van der Waals surface area contributed by atoms with Crippen molar-refractivity contribution in [3.05, 3.63) is 24.3 Å². The van der Waals surface area contributed by atoms with E-state index in [0.29, 0.717) is 17.4 Å². The van der Waals surface area contributed by atoms with Gasteiger partial charge in [-0.15, -0.1) is 0 Å². The molecule has 4 heteroatoms. The van der Waals surface area contributed by atoms with Crippen molar-refractivity contribution in [3.8, 4) is 5.75 Å². The SMILES string of the molecule is CC1CCC(CNC(=O)COc2ccc(N)cc2)C1. The highest BCUT2D eigenvalue weighted by atomic mass is 16.5. The molecule has 4 nitrogen and oxygen atoms in total. The van der Waals surface area contributed by atoms with E-state index in [-0.39, 0.29) is 12.5 Å². The quantitative estimate of drug-likeness (QED) is 0.800. The smallest absolute Gasteiger partial charge is 0.257 e. The third-order valence-corrected chi connectivity index (χ3v) is 3.64. The number of carbonyl (C=O) groups excluding carboxylic acids is 1. The molecule has 0 heterocycles. The fourth-order valence-electron chi connectivity index (χ4n) is 2.53. The number of nitrogens with one attached hydrogen (secondary N) is 1. The maximum Gasteiger partial charge on any atom is 0.257 e. The number of ether oxygens (including phenoxy) is 1. The van der Waals surface area contributed by atoms with Gasteiger partial charge >= 0.3 is 0 Å². The maximum atomic E-state index is 11.7. The molecule has 0 saturated heterocycles. The summed E-state index contributed by atoms with van der Waals surface area (Å²) >= 11 is 0. The molecule has 1 aromatic carbocycles. The van der Waals surface area contributed by atoms with Crippen LogP contribution in [0.25, 0.3) is 0 Å². The van der Waals surface area contributed by atoms with E-state index >= 15 is 0 Å². The van der Waals surface area contributed by atoms with Crippen LogP contribution in [0.2, 0.25) is 0 Å². The molecule has 3 N–H and O–H groups in total. The van der Waals surface area contributed by atoms with Gasteiger partial charge in [0.25, 0.3) is 5.91 Å². The number of anilines is 1. The van der Waals surface area contributed by atoms with E-state index in [1.165, 1.54) is 19.3 Å². The Balaban J connectivity index is 1.65. The fraction of sp³-hybridized carbons (Fsp3) is 0.533. The number of hydrogen-bond donors (Lipinski definition) is 2. The standard InChI is InChI=1S/C15H22N2O2/c1-11-2-3-12(8-11)9-17-15(18)10-19-14-6-4-13(16)5-7-14/h4-7,11-12H,2-3,8-10,16H2,1H3,(H,17,18). The van der Waals surface area contributed by atoms with Gasteiger partial charge < -0.3 is 15.8 Å². The summed E-state index contributed by atoms with van der Waals surface area (Å²) in [7, 11) is 0. The monoisotopic (exact) mass is 262 g/mol. The third-order valence-electron chi connectivity index (χ3n) is 3.64. The number of nitrogen functional groups attached to an aromatic ring is 1. The summed E-state index contributed by atoms with van der Waals surface area (Å²) in [4.78, 5) is 11.7. The van der Waals surface area contributed by atoms with Crippen LogP contribution in [0.4, 0.5) is 5.69 Å². The minimum Gasteiger partial charge on any atom is -0.484 e. The number of rotatable bonds is 5. The normalized spacial score (nSPS) is 22.2. The summed E-state index contributed by atoms with van der Waals surface area (Å²) in [6.45, 7) is 3.10.